The van der Waals surface area contributed by atoms with Crippen molar-refractivity contribution in [2.45, 2.75) is 38.9 Å². The summed E-state index contributed by atoms with van der Waals surface area (Å²) in [6.07, 6.45) is 0. The lowest BCUT2D eigenvalue weighted by molar-refractivity contribution is -0.132. The number of amides is 1. The van der Waals surface area contributed by atoms with E-state index < -0.39 is 4.32 Å². The zero-order valence-corrected chi connectivity index (χ0v) is 11.0. The van der Waals surface area contributed by atoms with Gasteiger partial charge in [0.2, 0.25) is 5.91 Å². The molecule has 0 fully saturated rings. The summed E-state index contributed by atoms with van der Waals surface area (Å²) in [4.78, 5) is 13.5. The van der Waals surface area contributed by atoms with Crippen LogP contribution < -0.4 is 0 Å². The highest BCUT2D eigenvalue weighted by molar-refractivity contribution is 9.10. The molecule has 78 valence electrons. The van der Waals surface area contributed by atoms with Crippen LogP contribution >= 0.6 is 15.9 Å². The third-order valence-corrected chi connectivity index (χ3v) is 1.91. The largest absolute Gasteiger partial charge is 0.344 e. The van der Waals surface area contributed by atoms with Gasteiger partial charge in [-0.05, 0) is 19.3 Å². The van der Waals surface area contributed by atoms with Crippen molar-refractivity contribution in [1.29, 1.82) is 0 Å². The molecule has 0 saturated heterocycles. The molecule has 0 aromatic rings. The molecule has 0 atom stereocenters. The van der Waals surface area contributed by atoms with E-state index in [2.05, 4.69) is 36.7 Å². The Bertz CT molecular complexity index is 188. The number of carbonyl (C=O) groups excluding carboxylic acids is 1. The minimum Gasteiger partial charge on any atom is -0.344 e. The smallest absolute Gasteiger partial charge is 0.238 e. The van der Waals surface area contributed by atoms with E-state index in [0.29, 0.717) is 0 Å². The van der Waals surface area contributed by atoms with Gasteiger partial charge in [0.15, 0.2) is 0 Å². The summed E-state index contributed by atoms with van der Waals surface area (Å²) >= 11 is 3.36. The summed E-state index contributed by atoms with van der Waals surface area (Å²) in [5.74, 6) is 0.127. The maximum Gasteiger partial charge on any atom is 0.238 e. The van der Waals surface area contributed by atoms with E-state index in [-0.39, 0.29) is 11.3 Å². The zero-order chi connectivity index (χ0) is 10.9. The number of carbonyl (C=O) groups is 1. The van der Waals surface area contributed by atoms with Crippen molar-refractivity contribution in [2.75, 3.05) is 13.6 Å². The number of hydrogen-bond donors (Lipinski definition) is 0. The Hall–Kier alpha value is -0.0500. The van der Waals surface area contributed by atoms with Gasteiger partial charge in [-0.1, -0.05) is 36.7 Å². The lowest BCUT2D eigenvalue weighted by Gasteiger charge is -2.30. The molecule has 0 N–H and O–H groups in total. The van der Waals surface area contributed by atoms with Crippen LogP contribution in [0, 0.1) is 5.41 Å². The molecule has 3 heteroatoms. The molecule has 0 unspecified atom stereocenters. The molecular formula is C10H20BrNO. The van der Waals surface area contributed by atoms with Crippen molar-refractivity contribution < 1.29 is 4.79 Å². The number of halogens is 1. The first kappa shape index (κ1) is 12.9. The van der Waals surface area contributed by atoms with E-state index in [9.17, 15) is 4.79 Å². The molecule has 2 nitrogen and oxygen atoms in total. The molecule has 0 bridgehead atoms. The molecular weight excluding hydrogens is 230 g/mol. The normalized spacial score (nSPS) is 12.8. The molecule has 0 aromatic carbocycles. The molecule has 13 heavy (non-hydrogen) atoms. The number of hydrogen-bond acceptors (Lipinski definition) is 1. The van der Waals surface area contributed by atoms with Gasteiger partial charge in [0, 0.05) is 13.6 Å². The summed E-state index contributed by atoms with van der Waals surface area (Å²) in [5, 5.41) is 0. The van der Waals surface area contributed by atoms with Gasteiger partial charge in [-0.25, -0.2) is 0 Å². The zero-order valence-electron chi connectivity index (χ0n) is 9.44. The van der Waals surface area contributed by atoms with Crippen LogP contribution in [-0.4, -0.2) is 28.7 Å². The van der Waals surface area contributed by atoms with Gasteiger partial charge >= 0.3 is 0 Å². The Labute approximate surface area is 89.8 Å². The van der Waals surface area contributed by atoms with Crippen LogP contribution in [0.5, 0.6) is 0 Å². The van der Waals surface area contributed by atoms with Crippen molar-refractivity contribution in [3.63, 3.8) is 0 Å². The monoisotopic (exact) mass is 249 g/mol. The predicted octanol–water partition coefficient (Wildman–Crippen LogP) is 2.66. The first-order valence-corrected chi connectivity index (χ1v) is 5.28. The van der Waals surface area contributed by atoms with Gasteiger partial charge in [-0.15, -0.1) is 0 Å². The van der Waals surface area contributed by atoms with Gasteiger partial charge in [-0.3, -0.25) is 4.79 Å². The standard InChI is InChI=1S/C10H20BrNO/c1-9(2,3)7-12(6)8(13)10(4,5)11/h7H2,1-6H3. The third kappa shape index (κ3) is 5.29. The quantitative estimate of drug-likeness (QED) is 0.690. The fraction of sp³-hybridized carbons (Fsp3) is 0.900. The highest BCUT2D eigenvalue weighted by Crippen LogP contribution is 2.21. The molecule has 0 radical (unpaired) electrons. The van der Waals surface area contributed by atoms with Crippen molar-refractivity contribution >= 4 is 21.8 Å². The Kier molecular flexibility index (Phi) is 3.97. The number of nitrogens with zero attached hydrogens (tertiary/aromatic N) is 1. The second kappa shape index (κ2) is 3.99. The van der Waals surface area contributed by atoms with Crippen molar-refractivity contribution in [3.8, 4) is 0 Å². The van der Waals surface area contributed by atoms with Crippen molar-refractivity contribution in [2.24, 2.45) is 5.41 Å². The Balaban J connectivity index is 4.30. The summed E-state index contributed by atoms with van der Waals surface area (Å²) in [6, 6.07) is 0. The van der Waals surface area contributed by atoms with Crippen LogP contribution in [0.4, 0.5) is 0 Å². The Morgan fingerprint density at radius 1 is 1.23 bits per heavy atom. The highest BCUT2D eigenvalue weighted by Gasteiger charge is 2.28. The molecule has 0 heterocycles. The average Bonchev–Trinajstić information content (AvgIpc) is 1.79. The van der Waals surface area contributed by atoms with E-state index in [1.165, 1.54) is 0 Å². The Morgan fingerprint density at radius 3 is 1.85 bits per heavy atom. The van der Waals surface area contributed by atoms with E-state index in [0.717, 1.165) is 6.54 Å². The summed E-state index contributed by atoms with van der Waals surface area (Å²) in [7, 11) is 1.84. The molecule has 0 aliphatic carbocycles. The SMILES string of the molecule is CN(CC(C)(C)C)C(=O)C(C)(C)Br. The molecule has 1 amide bonds. The van der Waals surface area contributed by atoms with Crippen LogP contribution in [0.15, 0.2) is 0 Å². The fourth-order valence-electron chi connectivity index (χ4n) is 1.24. The molecule has 0 aromatic heterocycles. The van der Waals surface area contributed by atoms with Gasteiger partial charge in [0.25, 0.3) is 0 Å². The molecule has 0 aliphatic rings. The van der Waals surface area contributed by atoms with Crippen LogP contribution in [-0.2, 0) is 4.79 Å². The second-order valence-corrected chi connectivity index (χ2v) is 7.18. The summed E-state index contributed by atoms with van der Waals surface area (Å²) in [6.45, 7) is 10.9. The maximum atomic E-state index is 11.7. The van der Waals surface area contributed by atoms with Gasteiger partial charge in [-0.2, -0.15) is 0 Å². The maximum absolute atomic E-state index is 11.7. The summed E-state index contributed by atoms with van der Waals surface area (Å²) < 4.78 is -0.451. The van der Waals surface area contributed by atoms with Gasteiger partial charge in [0.05, 0.1) is 4.32 Å². The lowest BCUT2D eigenvalue weighted by atomic mass is 9.96. The molecule has 0 rings (SSSR count). The van der Waals surface area contributed by atoms with E-state index in [1.54, 1.807) is 4.90 Å². The Morgan fingerprint density at radius 2 is 1.62 bits per heavy atom. The topological polar surface area (TPSA) is 20.3 Å². The molecule has 0 spiro atoms. The number of rotatable bonds is 2. The first-order valence-electron chi connectivity index (χ1n) is 4.48. The average molecular weight is 250 g/mol. The lowest BCUT2D eigenvalue weighted by Crippen LogP contribution is -2.42. The minimum absolute atomic E-state index is 0.127. The third-order valence-electron chi connectivity index (χ3n) is 1.57. The van der Waals surface area contributed by atoms with E-state index in [4.69, 9.17) is 0 Å². The first-order chi connectivity index (χ1) is 5.54. The van der Waals surface area contributed by atoms with Gasteiger partial charge in [0.1, 0.15) is 0 Å². The van der Waals surface area contributed by atoms with E-state index >= 15 is 0 Å². The molecule has 0 saturated carbocycles. The van der Waals surface area contributed by atoms with E-state index in [1.807, 2.05) is 20.9 Å². The van der Waals surface area contributed by atoms with Gasteiger partial charge < -0.3 is 4.90 Å². The van der Waals surface area contributed by atoms with Crippen LogP contribution in [0.3, 0.4) is 0 Å². The number of alkyl halides is 1. The minimum atomic E-state index is -0.451. The highest BCUT2D eigenvalue weighted by atomic mass is 79.9. The second-order valence-electron chi connectivity index (χ2n) is 5.19. The van der Waals surface area contributed by atoms with Crippen molar-refractivity contribution in [1.82, 2.24) is 4.90 Å². The summed E-state index contributed by atoms with van der Waals surface area (Å²) in [5.41, 5.74) is 0.155. The van der Waals surface area contributed by atoms with Crippen LogP contribution in [0.1, 0.15) is 34.6 Å². The van der Waals surface area contributed by atoms with Crippen molar-refractivity contribution in [3.05, 3.63) is 0 Å². The van der Waals surface area contributed by atoms with Crippen LogP contribution in [0.2, 0.25) is 0 Å². The van der Waals surface area contributed by atoms with Crippen LogP contribution in [0.25, 0.3) is 0 Å². The predicted molar refractivity (Wildman–Crippen MR) is 60.1 cm³/mol. The fourth-order valence-corrected chi connectivity index (χ4v) is 1.54. The molecule has 0 aliphatic heterocycles.